The van der Waals surface area contributed by atoms with E-state index in [1.807, 2.05) is 0 Å². The van der Waals surface area contributed by atoms with Gasteiger partial charge in [0.2, 0.25) is 0 Å². The summed E-state index contributed by atoms with van der Waals surface area (Å²) in [5.41, 5.74) is 0. The Bertz CT molecular complexity index is 329. The summed E-state index contributed by atoms with van der Waals surface area (Å²) in [7, 11) is 4.16. The third-order valence-electron chi connectivity index (χ3n) is 2.97. The predicted molar refractivity (Wildman–Crippen MR) is 59.9 cm³/mol. The van der Waals surface area contributed by atoms with Gasteiger partial charge < -0.3 is 4.90 Å². The minimum Gasteiger partial charge on any atom is -0.309 e. The molecule has 4 nitrogen and oxygen atoms in total. The lowest BCUT2D eigenvalue weighted by molar-refractivity contribution is 0.383. The van der Waals surface area contributed by atoms with Crippen LogP contribution in [0.2, 0.25) is 0 Å². The van der Waals surface area contributed by atoms with Crippen molar-refractivity contribution in [2.45, 2.75) is 38.6 Å². The highest BCUT2D eigenvalue weighted by Crippen LogP contribution is 2.22. The molecule has 0 amide bonds. The van der Waals surface area contributed by atoms with Gasteiger partial charge in [-0.15, -0.1) is 0 Å². The average Bonchev–Trinajstić information content (AvgIpc) is 2.59. The maximum Gasteiger partial charge on any atom is 0.152 e. The molecule has 4 heteroatoms. The van der Waals surface area contributed by atoms with E-state index in [0.717, 1.165) is 25.2 Å². The SMILES string of the molecule is CC1CCCc2nc(CCN(C)C)nn21. The summed E-state index contributed by atoms with van der Waals surface area (Å²) >= 11 is 0. The molecule has 0 saturated carbocycles. The van der Waals surface area contributed by atoms with Crippen molar-refractivity contribution in [1.82, 2.24) is 19.7 Å². The van der Waals surface area contributed by atoms with E-state index in [1.54, 1.807) is 0 Å². The fraction of sp³-hybridized carbons (Fsp3) is 0.818. The molecule has 0 spiro atoms. The molecule has 1 aliphatic rings. The summed E-state index contributed by atoms with van der Waals surface area (Å²) in [6.07, 6.45) is 4.55. The maximum atomic E-state index is 4.60. The second kappa shape index (κ2) is 4.31. The van der Waals surface area contributed by atoms with E-state index in [-0.39, 0.29) is 0 Å². The Kier molecular flexibility index (Phi) is 3.05. The number of hydrogen-bond donors (Lipinski definition) is 0. The number of aromatic nitrogens is 3. The van der Waals surface area contributed by atoms with Crippen molar-refractivity contribution in [2.24, 2.45) is 0 Å². The van der Waals surface area contributed by atoms with Crippen molar-refractivity contribution in [3.05, 3.63) is 11.6 Å². The zero-order valence-electron chi connectivity index (χ0n) is 9.90. The van der Waals surface area contributed by atoms with Crippen LogP contribution in [-0.2, 0) is 12.8 Å². The first kappa shape index (κ1) is 10.6. The van der Waals surface area contributed by atoms with Gasteiger partial charge in [0.1, 0.15) is 5.82 Å². The van der Waals surface area contributed by atoms with Gasteiger partial charge in [-0.1, -0.05) is 0 Å². The quantitative estimate of drug-likeness (QED) is 0.750. The van der Waals surface area contributed by atoms with E-state index in [1.165, 1.54) is 18.7 Å². The van der Waals surface area contributed by atoms with E-state index in [4.69, 9.17) is 0 Å². The fourth-order valence-corrected chi connectivity index (χ4v) is 2.04. The van der Waals surface area contributed by atoms with E-state index >= 15 is 0 Å². The summed E-state index contributed by atoms with van der Waals surface area (Å²) in [4.78, 5) is 6.77. The van der Waals surface area contributed by atoms with Gasteiger partial charge in [0, 0.05) is 19.4 Å². The fourth-order valence-electron chi connectivity index (χ4n) is 2.04. The van der Waals surface area contributed by atoms with Gasteiger partial charge in [-0.05, 0) is 33.9 Å². The Hall–Kier alpha value is -0.900. The number of likely N-dealkylation sites (N-methyl/N-ethyl adjacent to an activating group) is 1. The monoisotopic (exact) mass is 208 g/mol. The topological polar surface area (TPSA) is 34.0 Å². The summed E-state index contributed by atoms with van der Waals surface area (Å²) in [6.45, 7) is 3.25. The molecule has 0 fully saturated rings. The number of hydrogen-bond acceptors (Lipinski definition) is 3. The molecular weight excluding hydrogens is 188 g/mol. The number of rotatable bonds is 3. The second-order valence-corrected chi connectivity index (χ2v) is 4.68. The van der Waals surface area contributed by atoms with E-state index in [0.29, 0.717) is 6.04 Å². The van der Waals surface area contributed by atoms with E-state index < -0.39 is 0 Å². The van der Waals surface area contributed by atoms with Crippen molar-refractivity contribution >= 4 is 0 Å². The molecule has 2 heterocycles. The van der Waals surface area contributed by atoms with Crippen molar-refractivity contribution < 1.29 is 0 Å². The van der Waals surface area contributed by atoms with Crippen LogP contribution in [0.3, 0.4) is 0 Å². The van der Waals surface area contributed by atoms with Gasteiger partial charge in [0.25, 0.3) is 0 Å². The van der Waals surface area contributed by atoms with Gasteiger partial charge in [-0.3, -0.25) is 0 Å². The van der Waals surface area contributed by atoms with Crippen LogP contribution in [0, 0.1) is 0 Å². The highest BCUT2D eigenvalue weighted by molar-refractivity contribution is 4.98. The van der Waals surface area contributed by atoms with Gasteiger partial charge >= 0.3 is 0 Å². The minimum absolute atomic E-state index is 0.536. The number of nitrogens with zero attached hydrogens (tertiary/aromatic N) is 4. The van der Waals surface area contributed by atoms with Crippen LogP contribution in [0.5, 0.6) is 0 Å². The summed E-state index contributed by atoms with van der Waals surface area (Å²) in [6, 6.07) is 0.536. The van der Waals surface area contributed by atoms with Crippen LogP contribution < -0.4 is 0 Å². The van der Waals surface area contributed by atoms with Gasteiger partial charge in [-0.2, -0.15) is 5.10 Å². The van der Waals surface area contributed by atoms with Crippen LogP contribution in [0.1, 0.15) is 37.5 Å². The molecule has 1 unspecified atom stereocenters. The molecule has 15 heavy (non-hydrogen) atoms. The first-order valence-corrected chi connectivity index (χ1v) is 5.76. The molecule has 0 aromatic carbocycles. The highest BCUT2D eigenvalue weighted by Gasteiger charge is 2.19. The van der Waals surface area contributed by atoms with Gasteiger partial charge in [0.05, 0.1) is 6.04 Å². The largest absolute Gasteiger partial charge is 0.309 e. The lowest BCUT2D eigenvalue weighted by Gasteiger charge is -2.18. The summed E-state index contributed by atoms with van der Waals surface area (Å²) < 4.78 is 2.12. The second-order valence-electron chi connectivity index (χ2n) is 4.68. The molecule has 2 rings (SSSR count). The Morgan fingerprint density at radius 3 is 2.93 bits per heavy atom. The van der Waals surface area contributed by atoms with Crippen LogP contribution in [0.15, 0.2) is 0 Å². The Labute approximate surface area is 91.3 Å². The highest BCUT2D eigenvalue weighted by atomic mass is 15.4. The van der Waals surface area contributed by atoms with Crippen LogP contribution in [0.25, 0.3) is 0 Å². The average molecular weight is 208 g/mol. The third kappa shape index (κ3) is 2.37. The Morgan fingerprint density at radius 2 is 2.27 bits per heavy atom. The molecule has 0 bridgehead atoms. The van der Waals surface area contributed by atoms with Crippen LogP contribution >= 0.6 is 0 Å². The van der Waals surface area contributed by atoms with Crippen molar-refractivity contribution in [3.8, 4) is 0 Å². The normalized spacial score (nSPS) is 20.7. The maximum absolute atomic E-state index is 4.60. The molecule has 84 valence electrons. The molecule has 1 aliphatic heterocycles. The number of fused-ring (bicyclic) bond motifs is 1. The van der Waals surface area contributed by atoms with Crippen molar-refractivity contribution in [1.29, 1.82) is 0 Å². The first-order valence-electron chi connectivity index (χ1n) is 5.76. The molecule has 1 aromatic rings. The Morgan fingerprint density at radius 1 is 1.47 bits per heavy atom. The molecule has 0 saturated heterocycles. The zero-order valence-corrected chi connectivity index (χ0v) is 9.90. The molecule has 1 atom stereocenters. The standard InChI is InChI=1S/C11H20N4/c1-9-5-4-6-11-12-10(13-15(9)11)7-8-14(2)3/h9H,4-8H2,1-3H3. The first-order chi connectivity index (χ1) is 7.16. The minimum atomic E-state index is 0.536. The molecule has 0 radical (unpaired) electrons. The van der Waals surface area contributed by atoms with Crippen molar-refractivity contribution in [2.75, 3.05) is 20.6 Å². The predicted octanol–water partition coefficient (Wildman–Crippen LogP) is 1.28. The van der Waals surface area contributed by atoms with Gasteiger partial charge in [-0.25, -0.2) is 9.67 Å². The smallest absolute Gasteiger partial charge is 0.152 e. The zero-order chi connectivity index (χ0) is 10.8. The Balaban J connectivity index is 2.08. The van der Waals surface area contributed by atoms with Crippen LogP contribution in [-0.4, -0.2) is 40.3 Å². The number of aryl methyl sites for hydroxylation is 1. The molecule has 1 aromatic heterocycles. The van der Waals surface area contributed by atoms with E-state index in [9.17, 15) is 0 Å². The molecule has 0 N–H and O–H groups in total. The summed E-state index contributed by atoms with van der Waals surface area (Å²) in [5, 5.41) is 4.58. The van der Waals surface area contributed by atoms with Crippen LogP contribution in [0.4, 0.5) is 0 Å². The lowest BCUT2D eigenvalue weighted by Crippen LogP contribution is -2.17. The molecule has 0 aliphatic carbocycles. The van der Waals surface area contributed by atoms with Crippen molar-refractivity contribution in [3.63, 3.8) is 0 Å². The van der Waals surface area contributed by atoms with Gasteiger partial charge in [0.15, 0.2) is 5.82 Å². The lowest BCUT2D eigenvalue weighted by atomic mass is 10.1. The third-order valence-corrected chi connectivity index (χ3v) is 2.97. The van der Waals surface area contributed by atoms with E-state index in [2.05, 4.69) is 40.7 Å². The molecular formula is C11H20N4. The summed E-state index contributed by atoms with van der Waals surface area (Å²) in [5.74, 6) is 2.19.